The van der Waals surface area contributed by atoms with E-state index in [1.54, 1.807) is 0 Å². The second-order valence-corrected chi connectivity index (χ2v) is 0. The van der Waals surface area contributed by atoms with E-state index in [0.29, 0.717) is 0 Å². The van der Waals surface area contributed by atoms with Crippen molar-refractivity contribution in [2.75, 3.05) is 0 Å². The maximum absolute atomic E-state index is 8.36. The van der Waals surface area contributed by atoms with Gasteiger partial charge in [-0.05, 0) is 0 Å². The van der Waals surface area contributed by atoms with Gasteiger partial charge in [-0.25, -0.2) is 0 Å². The van der Waals surface area contributed by atoms with Crippen molar-refractivity contribution in [3.05, 3.63) is 0 Å². The first kappa shape index (κ1) is 16.8. The van der Waals surface area contributed by atoms with Gasteiger partial charge < -0.3 is 0 Å². The summed E-state index contributed by atoms with van der Waals surface area (Å²) in [6.07, 6.45) is 0. The molecule has 4 heavy (non-hydrogen) atoms. The molecule has 0 saturated carbocycles. The van der Waals surface area contributed by atoms with E-state index in [2.05, 4.69) is 0 Å². The molecule has 0 aliphatic heterocycles. The van der Waals surface area contributed by atoms with E-state index in [1.807, 2.05) is 0 Å². The molecule has 4 heteroatoms. The van der Waals surface area contributed by atoms with Crippen molar-refractivity contribution < 1.29 is 41.7 Å². The first-order chi connectivity index (χ1) is 1.00. The molecular formula is AgBiNiO. The molecule has 0 unspecified atom stereocenters. The number of rotatable bonds is 0. The van der Waals surface area contributed by atoms with E-state index in [-0.39, 0.29) is 63.6 Å². The van der Waals surface area contributed by atoms with Gasteiger partial charge >= 0.3 is 27.5 Å². The van der Waals surface area contributed by atoms with Crippen LogP contribution in [0, 0.1) is 0 Å². The molecule has 0 aliphatic rings. The predicted molar refractivity (Wildman–Crippen MR) is 6.44 cm³/mol. The third kappa shape index (κ3) is 9.07. The summed E-state index contributed by atoms with van der Waals surface area (Å²) < 4.78 is 8.36. The van der Waals surface area contributed by atoms with Crippen molar-refractivity contribution in [1.29, 1.82) is 0 Å². The summed E-state index contributed by atoms with van der Waals surface area (Å²) in [4.78, 5) is 0. The Hall–Kier alpha value is 1.92. The van der Waals surface area contributed by atoms with Crippen LogP contribution < -0.4 is 0 Å². The van der Waals surface area contributed by atoms with Gasteiger partial charge in [-0.15, -0.1) is 0 Å². The zero-order chi connectivity index (χ0) is 2.00. The summed E-state index contributed by atoms with van der Waals surface area (Å²) in [6.45, 7) is 0. The van der Waals surface area contributed by atoms with Crippen LogP contribution in [0.4, 0.5) is 0 Å². The van der Waals surface area contributed by atoms with Gasteiger partial charge in [-0.2, -0.15) is 0 Å². The summed E-state index contributed by atoms with van der Waals surface area (Å²) in [5.41, 5.74) is 0. The van der Waals surface area contributed by atoms with Gasteiger partial charge in [0.25, 0.3) is 0 Å². The molecule has 0 rings (SSSR count). The fourth-order valence-electron chi connectivity index (χ4n) is 0. The van der Waals surface area contributed by atoms with Crippen molar-refractivity contribution in [2.24, 2.45) is 0 Å². The fraction of sp³-hybridized carbons (Fsp3) is 0. The van der Waals surface area contributed by atoms with E-state index >= 15 is 0 Å². The number of hydrogen-bond acceptors (Lipinski definition) is 1. The molecule has 0 heterocycles. The van der Waals surface area contributed by atoms with Crippen molar-refractivity contribution in [1.82, 2.24) is 0 Å². The minimum atomic E-state index is 0. The van der Waals surface area contributed by atoms with Crippen molar-refractivity contribution in [2.45, 2.75) is 0 Å². The van der Waals surface area contributed by atoms with Gasteiger partial charge in [0, 0.05) is 38.9 Å². The van der Waals surface area contributed by atoms with E-state index in [1.165, 1.54) is 0 Å². The average molecular weight is 392 g/mol. The van der Waals surface area contributed by atoms with E-state index in [9.17, 15) is 0 Å². The minimum absolute atomic E-state index is 0. The predicted octanol–water partition coefficient (Wildman–Crippen LogP) is -0.505. The zero-order valence-corrected chi connectivity index (χ0v) is 7.42. The molecule has 0 fully saturated rings. The summed E-state index contributed by atoms with van der Waals surface area (Å²) in [7, 11) is 0. The molecule has 0 aliphatic carbocycles. The second kappa shape index (κ2) is 20.5. The zero-order valence-electron chi connectivity index (χ0n) is 1.47. The Labute approximate surface area is 65.6 Å². The molecule has 0 atom stereocenters. The van der Waals surface area contributed by atoms with Gasteiger partial charge in [0.05, 0.1) is 0 Å². The van der Waals surface area contributed by atoms with Crippen LogP contribution in [0.15, 0.2) is 0 Å². The van der Waals surface area contributed by atoms with E-state index in [0.717, 1.165) is 0 Å². The molecule has 0 aromatic rings. The summed E-state index contributed by atoms with van der Waals surface area (Å²) in [6, 6.07) is 0. The molecule has 2 radical (unpaired) electrons. The van der Waals surface area contributed by atoms with Crippen LogP contribution in [-0.4, -0.2) is 24.7 Å². The van der Waals surface area contributed by atoms with Gasteiger partial charge in [0.15, 0.2) is 0 Å². The molecular weight excluding hydrogens is 392 g/mol. The molecule has 0 N–H and O–H groups in total. The van der Waals surface area contributed by atoms with Gasteiger partial charge in [-0.1, -0.05) is 0 Å². The summed E-state index contributed by atoms with van der Waals surface area (Å²) >= 11 is 0.194. The standard InChI is InChI=1S/Ag.Bi.Ni.O. The summed E-state index contributed by atoms with van der Waals surface area (Å²) in [5, 5.41) is 0. The third-order valence-corrected chi connectivity index (χ3v) is 0. The van der Waals surface area contributed by atoms with Crippen LogP contribution in [0.25, 0.3) is 0 Å². The van der Waals surface area contributed by atoms with Crippen LogP contribution in [0.1, 0.15) is 0 Å². The Balaban J connectivity index is -0.00000000500. The maximum atomic E-state index is 8.36. The summed E-state index contributed by atoms with van der Waals surface area (Å²) in [5.74, 6) is 0. The molecule has 1 nitrogen and oxygen atoms in total. The average Bonchev–Trinajstić information content (AvgIpc) is 1.00. The monoisotopic (exact) mass is 390 g/mol. The third-order valence-electron chi connectivity index (χ3n) is 0. The Morgan fingerprint density at radius 2 is 1.25 bits per heavy atom. The van der Waals surface area contributed by atoms with Crippen LogP contribution in [0.5, 0.6) is 0 Å². The molecule has 32 valence electrons. The van der Waals surface area contributed by atoms with E-state index in [4.69, 9.17) is 2.81 Å². The van der Waals surface area contributed by atoms with Crippen LogP contribution in [0.2, 0.25) is 0 Å². The topological polar surface area (TPSA) is 17.1 Å². The van der Waals surface area contributed by atoms with Crippen LogP contribution in [0.3, 0.4) is 0 Å². The Bertz CT molecular complexity index is 8.00. The molecule has 0 aromatic heterocycles. The van der Waals surface area contributed by atoms with Gasteiger partial charge in [0.2, 0.25) is 0 Å². The van der Waals surface area contributed by atoms with Crippen molar-refractivity contribution in [3.63, 3.8) is 0 Å². The SMILES string of the molecule is [Ag].[Ni].[O]=[Bi]. The van der Waals surface area contributed by atoms with E-state index < -0.39 is 0 Å². The van der Waals surface area contributed by atoms with Crippen molar-refractivity contribution >= 4 is 24.7 Å². The molecule has 0 aromatic carbocycles. The Morgan fingerprint density at radius 1 is 1.25 bits per heavy atom. The normalized spacial score (nSPS) is 1.00. The Morgan fingerprint density at radius 3 is 1.25 bits per heavy atom. The fourth-order valence-corrected chi connectivity index (χ4v) is 0. The first-order valence-electron chi connectivity index (χ1n) is 0.183. The van der Waals surface area contributed by atoms with Crippen molar-refractivity contribution in [3.8, 4) is 0 Å². The van der Waals surface area contributed by atoms with Gasteiger partial charge in [-0.3, -0.25) is 0 Å². The molecule has 0 spiro atoms. The first-order valence-corrected chi connectivity index (χ1v) is 1.60. The molecule has 0 saturated heterocycles. The van der Waals surface area contributed by atoms with Crippen LogP contribution in [-0.2, 0) is 41.7 Å². The number of hydrogen-bond donors (Lipinski definition) is 0. The van der Waals surface area contributed by atoms with Crippen LogP contribution >= 0.6 is 0 Å². The Kier molecular flexibility index (Phi) is 86.3. The molecule has 0 bridgehead atoms. The van der Waals surface area contributed by atoms with Gasteiger partial charge in [0.1, 0.15) is 0 Å². The second-order valence-electron chi connectivity index (χ2n) is 0. The quantitative estimate of drug-likeness (QED) is 0.509. The molecule has 0 amide bonds.